The van der Waals surface area contributed by atoms with Crippen LogP contribution in [0.4, 0.5) is 0 Å². The summed E-state index contributed by atoms with van der Waals surface area (Å²) in [7, 11) is 0. The van der Waals surface area contributed by atoms with E-state index in [9.17, 15) is 0 Å². The van der Waals surface area contributed by atoms with Crippen LogP contribution in [0.2, 0.25) is 0 Å². The van der Waals surface area contributed by atoms with Gasteiger partial charge >= 0.3 is 0 Å². The third-order valence-electron chi connectivity index (χ3n) is 4.88. The molecule has 2 aliphatic rings. The smallest absolute Gasteiger partial charge is 0.00979 e. The van der Waals surface area contributed by atoms with E-state index in [0.29, 0.717) is 0 Å². The summed E-state index contributed by atoms with van der Waals surface area (Å²) in [4.78, 5) is 0. The first kappa shape index (κ1) is 13.4. The number of hydrogen-bond donors (Lipinski definition) is 1. The fourth-order valence-corrected chi connectivity index (χ4v) is 3.66. The van der Waals surface area contributed by atoms with E-state index in [2.05, 4.69) is 19.2 Å². The molecule has 0 spiro atoms. The molecule has 100 valence electrons. The topological polar surface area (TPSA) is 12.0 Å². The quantitative estimate of drug-likeness (QED) is 0.687. The maximum absolute atomic E-state index is 4.04. The standard InChI is InChI=1S/C16H31N/c1-3-8-16(14-11-12-14)17-15(4-2)13-9-6-5-7-10-13/h13-17H,3-12H2,1-2H3. The Balaban J connectivity index is 1.83. The van der Waals surface area contributed by atoms with Gasteiger partial charge in [-0.05, 0) is 50.4 Å². The van der Waals surface area contributed by atoms with Gasteiger partial charge in [-0.15, -0.1) is 0 Å². The van der Waals surface area contributed by atoms with Crippen molar-refractivity contribution in [2.24, 2.45) is 11.8 Å². The van der Waals surface area contributed by atoms with Crippen molar-refractivity contribution in [2.45, 2.75) is 90.1 Å². The van der Waals surface area contributed by atoms with Crippen LogP contribution in [0.5, 0.6) is 0 Å². The van der Waals surface area contributed by atoms with Crippen molar-refractivity contribution in [3.8, 4) is 0 Å². The van der Waals surface area contributed by atoms with E-state index in [4.69, 9.17) is 0 Å². The van der Waals surface area contributed by atoms with Gasteiger partial charge < -0.3 is 5.32 Å². The molecule has 0 saturated heterocycles. The third kappa shape index (κ3) is 3.98. The van der Waals surface area contributed by atoms with Crippen LogP contribution in [0.1, 0.15) is 78.1 Å². The summed E-state index contributed by atoms with van der Waals surface area (Å²) in [5, 5.41) is 4.04. The molecule has 0 aromatic heterocycles. The van der Waals surface area contributed by atoms with Crippen LogP contribution < -0.4 is 5.32 Å². The van der Waals surface area contributed by atoms with Crippen LogP contribution in [0, 0.1) is 11.8 Å². The highest BCUT2D eigenvalue weighted by atomic mass is 15.0. The summed E-state index contributed by atoms with van der Waals surface area (Å²) >= 11 is 0. The molecule has 2 rings (SSSR count). The highest BCUT2D eigenvalue weighted by Gasteiger charge is 2.33. The van der Waals surface area contributed by atoms with Gasteiger partial charge in [0.05, 0.1) is 0 Å². The molecule has 0 aromatic rings. The Morgan fingerprint density at radius 3 is 2.06 bits per heavy atom. The molecule has 17 heavy (non-hydrogen) atoms. The van der Waals surface area contributed by atoms with Gasteiger partial charge in [-0.1, -0.05) is 39.5 Å². The molecule has 1 N–H and O–H groups in total. The maximum Gasteiger partial charge on any atom is 0.00979 e. The van der Waals surface area contributed by atoms with Crippen molar-refractivity contribution in [2.75, 3.05) is 0 Å². The van der Waals surface area contributed by atoms with Crippen LogP contribution in [0.3, 0.4) is 0 Å². The predicted octanol–water partition coefficient (Wildman–Crippen LogP) is 4.51. The van der Waals surface area contributed by atoms with Crippen LogP contribution in [-0.4, -0.2) is 12.1 Å². The van der Waals surface area contributed by atoms with Gasteiger partial charge in [-0.2, -0.15) is 0 Å². The Bertz CT molecular complexity index is 204. The molecular formula is C16H31N. The average Bonchev–Trinajstić information content (AvgIpc) is 3.20. The first-order valence-corrected chi connectivity index (χ1v) is 8.11. The van der Waals surface area contributed by atoms with E-state index in [1.54, 1.807) is 0 Å². The molecule has 0 bridgehead atoms. The Hall–Kier alpha value is -0.0400. The van der Waals surface area contributed by atoms with Crippen LogP contribution in [0.15, 0.2) is 0 Å². The molecular weight excluding hydrogens is 206 g/mol. The lowest BCUT2D eigenvalue weighted by Crippen LogP contribution is -2.44. The molecule has 2 fully saturated rings. The molecule has 2 saturated carbocycles. The van der Waals surface area contributed by atoms with Crippen molar-refractivity contribution < 1.29 is 0 Å². The normalized spacial score (nSPS) is 25.8. The van der Waals surface area contributed by atoms with Gasteiger partial charge in [-0.25, -0.2) is 0 Å². The number of rotatable bonds is 7. The molecule has 0 aromatic carbocycles. The molecule has 0 aliphatic heterocycles. The second kappa shape index (κ2) is 6.78. The summed E-state index contributed by atoms with van der Waals surface area (Å²) in [5.41, 5.74) is 0. The molecule has 1 nitrogen and oxygen atoms in total. The van der Waals surface area contributed by atoms with E-state index in [-0.39, 0.29) is 0 Å². The first-order valence-electron chi connectivity index (χ1n) is 8.11. The van der Waals surface area contributed by atoms with E-state index in [1.807, 2.05) is 0 Å². The maximum atomic E-state index is 4.04. The molecule has 2 unspecified atom stereocenters. The second-order valence-electron chi connectivity index (χ2n) is 6.31. The van der Waals surface area contributed by atoms with Gasteiger partial charge in [0, 0.05) is 12.1 Å². The van der Waals surface area contributed by atoms with Gasteiger partial charge in [0.1, 0.15) is 0 Å². The lowest BCUT2D eigenvalue weighted by molar-refractivity contribution is 0.233. The van der Waals surface area contributed by atoms with Gasteiger partial charge in [0.25, 0.3) is 0 Å². The summed E-state index contributed by atoms with van der Waals surface area (Å²) in [5.74, 6) is 2.00. The van der Waals surface area contributed by atoms with Crippen molar-refractivity contribution in [3.05, 3.63) is 0 Å². The lowest BCUT2D eigenvalue weighted by atomic mass is 9.82. The number of hydrogen-bond acceptors (Lipinski definition) is 1. The fourth-order valence-electron chi connectivity index (χ4n) is 3.66. The highest BCUT2D eigenvalue weighted by Crippen LogP contribution is 2.36. The zero-order valence-electron chi connectivity index (χ0n) is 11.9. The SMILES string of the molecule is CCCC(NC(CC)C1CCCCC1)C1CC1. The van der Waals surface area contributed by atoms with E-state index in [0.717, 1.165) is 23.9 Å². The summed E-state index contributed by atoms with van der Waals surface area (Å²) in [6.45, 7) is 4.71. The summed E-state index contributed by atoms with van der Waals surface area (Å²) < 4.78 is 0. The van der Waals surface area contributed by atoms with Crippen molar-refractivity contribution in [1.82, 2.24) is 5.32 Å². The first-order chi connectivity index (χ1) is 8.35. The van der Waals surface area contributed by atoms with Gasteiger partial charge in [0.2, 0.25) is 0 Å². The Morgan fingerprint density at radius 2 is 1.53 bits per heavy atom. The van der Waals surface area contributed by atoms with Crippen molar-refractivity contribution in [1.29, 1.82) is 0 Å². The van der Waals surface area contributed by atoms with Gasteiger partial charge in [0.15, 0.2) is 0 Å². The minimum atomic E-state index is 0.812. The zero-order chi connectivity index (χ0) is 12.1. The Morgan fingerprint density at radius 1 is 0.882 bits per heavy atom. The third-order valence-corrected chi connectivity index (χ3v) is 4.88. The number of nitrogens with one attached hydrogen (secondary N) is 1. The van der Waals surface area contributed by atoms with Crippen molar-refractivity contribution >= 4 is 0 Å². The second-order valence-corrected chi connectivity index (χ2v) is 6.31. The largest absolute Gasteiger partial charge is 0.311 e. The minimum Gasteiger partial charge on any atom is -0.311 e. The fraction of sp³-hybridized carbons (Fsp3) is 1.00. The van der Waals surface area contributed by atoms with E-state index in [1.165, 1.54) is 64.2 Å². The molecule has 1 heteroatoms. The Labute approximate surface area is 108 Å². The van der Waals surface area contributed by atoms with Crippen molar-refractivity contribution in [3.63, 3.8) is 0 Å². The Kier molecular flexibility index (Phi) is 5.34. The average molecular weight is 237 g/mol. The molecule has 0 heterocycles. The lowest BCUT2D eigenvalue weighted by Gasteiger charge is -2.33. The van der Waals surface area contributed by atoms with Crippen LogP contribution in [0.25, 0.3) is 0 Å². The highest BCUT2D eigenvalue weighted by molar-refractivity contribution is 4.90. The minimum absolute atomic E-state index is 0.812. The van der Waals surface area contributed by atoms with Gasteiger partial charge in [-0.3, -0.25) is 0 Å². The summed E-state index contributed by atoms with van der Waals surface area (Å²) in [6.07, 6.45) is 14.4. The van der Waals surface area contributed by atoms with E-state index >= 15 is 0 Å². The molecule has 0 radical (unpaired) electrons. The van der Waals surface area contributed by atoms with E-state index < -0.39 is 0 Å². The predicted molar refractivity (Wildman–Crippen MR) is 75.2 cm³/mol. The van der Waals surface area contributed by atoms with Crippen LogP contribution in [-0.2, 0) is 0 Å². The van der Waals surface area contributed by atoms with Crippen LogP contribution >= 0.6 is 0 Å². The summed E-state index contributed by atoms with van der Waals surface area (Å²) in [6, 6.07) is 1.65. The zero-order valence-corrected chi connectivity index (χ0v) is 11.9. The monoisotopic (exact) mass is 237 g/mol. The molecule has 0 amide bonds. The molecule has 2 aliphatic carbocycles. The molecule has 2 atom stereocenters.